The second-order valence-electron chi connectivity index (χ2n) is 7.75. The van der Waals surface area contributed by atoms with Crippen LogP contribution in [0.25, 0.3) is 0 Å². The van der Waals surface area contributed by atoms with Crippen LogP contribution in [0.5, 0.6) is 5.75 Å². The Balaban J connectivity index is 1.36. The highest BCUT2D eigenvalue weighted by atomic mass is 16.5. The van der Waals surface area contributed by atoms with Crippen LogP contribution in [0.2, 0.25) is 0 Å². The molecule has 0 aliphatic carbocycles. The third-order valence-electron chi connectivity index (χ3n) is 5.68. The van der Waals surface area contributed by atoms with Crippen LogP contribution in [0.1, 0.15) is 19.3 Å². The lowest BCUT2D eigenvalue weighted by Gasteiger charge is -2.32. The first-order valence-electron chi connectivity index (χ1n) is 10.2. The third kappa shape index (κ3) is 5.45. The minimum absolute atomic E-state index is 0.000355. The third-order valence-corrected chi connectivity index (χ3v) is 5.68. The molecule has 7 nitrogen and oxygen atoms in total. The number of carbonyl (C=O) groups is 2. The molecule has 2 amide bonds. The molecule has 0 radical (unpaired) electrons. The van der Waals surface area contributed by atoms with Crippen molar-refractivity contribution in [3.8, 4) is 5.75 Å². The van der Waals surface area contributed by atoms with Gasteiger partial charge < -0.3 is 24.8 Å². The summed E-state index contributed by atoms with van der Waals surface area (Å²) < 4.78 is 5.15. The highest BCUT2D eigenvalue weighted by Gasteiger charge is 2.34. The van der Waals surface area contributed by atoms with E-state index >= 15 is 0 Å². The van der Waals surface area contributed by atoms with Crippen molar-refractivity contribution in [2.75, 3.05) is 64.9 Å². The fraction of sp³-hybridized carbons (Fsp3) is 0.619. The number of hydrogen-bond donors (Lipinski definition) is 1. The summed E-state index contributed by atoms with van der Waals surface area (Å²) in [6.07, 6.45) is 2.34. The molecule has 1 N–H and O–H groups in total. The number of likely N-dealkylation sites (N-methyl/N-ethyl adjacent to an activating group) is 1. The first kappa shape index (κ1) is 20.6. The quantitative estimate of drug-likeness (QED) is 0.678. The Bertz CT molecular complexity index is 656. The number of hydrogen-bond acceptors (Lipinski definition) is 5. The van der Waals surface area contributed by atoms with Crippen LogP contribution in [0.3, 0.4) is 0 Å². The number of benzene rings is 1. The van der Waals surface area contributed by atoms with Gasteiger partial charge in [0.15, 0.2) is 0 Å². The minimum atomic E-state index is -0.271. The van der Waals surface area contributed by atoms with E-state index in [4.69, 9.17) is 4.74 Å². The van der Waals surface area contributed by atoms with Crippen molar-refractivity contribution in [3.63, 3.8) is 0 Å². The normalized spacial score (nSPS) is 21.1. The zero-order chi connectivity index (χ0) is 19.9. The molecule has 0 aromatic heterocycles. The molecule has 28 heavy (non-hydrogen) atoms. The molecule has 0 spiro atoms. The molecule has 7 heteroatoms. The molecule has 2 aliphatic rings. The van der Waals surface area contributed by atoms with Crippen molar-refractivity contribution in [2.45, 2.75) is 19.3 Å². The van der Waals surface area contributed by atoms with Crippen LogP contribution >= 0.6 is 0 Å². The fourth-order valence-corrected chi connectivity index (χ4v) is 3.78. The molecule has 154 valence electrons. The number of amides is 2. The van der Waals surface area contributed by atoms with E-state index in [1.165, 1.54) is 0 Å². The molecule has 1 aromatic carbocycles. The van der Waals surface area contributed by atoms with E-state index in [9.17, 15) is 9.59 Å². The summed E-state index contributed by atoms with van der Waals surface area (Å²) in [5.74, 6) is 0.470. The van der Waals surface area contributed by atoms with Crippen molar-refractivity contribution >= 4 is 17.5 Å². The number of rotatable bonds is 8. The van der Waals surface area contributed by atoms with Crippen molar-refractivity contribution in [1.82, 2.24) is 15.1 Å². The highest BCUT2D eigenvalue weighted by Crippen LogP contribution is 2.26. The van der Waals surface area contributed by atoms with Gasteiger partial charge in [0, 0.05) is 51.4 Å². The maximum absolute atomic E-state index is 12.4. The van der Waals surface area contributed by atoms with E-state index in [1.807, 2.05) is 24.3 Å². The zero-order valence-corrected chi connectivity index (χ0v) is 17.0. The largest absolute Gasteiger partial charge is 0.497 e. The second kappa shape index (κ2) is 9.89. The Morgan fingerprint density at radius 1 is 1.14 bits per heavy atom. The van der Waals surface area contributed by atoms with Gasteiger partial charge in [-0.1, -0.05) is 0 Å². The van der Waals surface area contributed by atoms with Crippen LogP contribution in [-0.2, 0) is 9.59 Å². The Labute approximate surface area is 167 Å². The van der Waals surface area contributed by atoms with Crippen LogP contribution in [0.4, 0.5) is 5.69 Å². The Morgan fingerprint density at radius 2 is 1.86 bits per heavy atom. The summed E-state index contributed by atoms with van der Waals surface area (Å²) >= 11 is 0. The van der Waals surface area contributed by atoms with Crippen molar-refractivity contribution in [2.24, 2.45) is 5.92 Å². The standard InChI is InChI=1S/C21H32N4O3/c1-23-11-13-24(14-12-23)10-4-3-9-22-21(27)17-15-20(26)25(16-17)18-5-7-19(28-2)8-6-18/h5-8,17H,3-4,9-16H2,1-2H3,(H,22,27). The predicted octanol–water partition coefficient (Wildman–Crippen LogP) is 1.19. The number of ether oxygens (including phenoxy) is 1. The molecule has 0 bridgehead atoms. The maximum Gasteiger partial charge on any atom is 0.227 e. The summed E-state index contributed by atoms with van der Waals surface area (Å²) in [7, 11) is 3.78. The lowest BCUT2D eigenvalue weighted by molar-refractivity contribution is -0.126. The van der Waals surface area contributed by atoms with E-state index in [1.54, 1.807) is 12.0 Å². The lowest BCUT2D eigenvalue weighted by atomic mass is 10.1. The molecular formula is C21H32N4O3. The van der Waals surface area contributed by atoms with Crippen LogP contribution in [0.15, 0.2) is 24.3 Å². The van der Waals surface area contributed by atoms with Gasteiger partial charge in [-0.2, -0.15) is 0 Å². The van der Waals surface area contributed by atoms with E-state index in [-0.39, 0.29) is 24.2 Å². The van der Waals surface area contributed by atoms with Gasteiger partial charge in [-0.05, 0) is 50.7 Å². The molecule has 2 heterocycles. The summed E-state index contributed by atoms with van der Waals surface area (Å²) in [6.45, 7) is 6.76. The Morgan fingerprint density at radius 3 is 2.54 bits per heavy atom. The van der Waals surface area contributed by atoms with Crippen LogP contribution in [0, 0.1) is 5.92 Å². The molecule has 1 atom stereocenters. The summed E-state index contributed by atoms with van der Waals surface area (Å²) in [6, 6.07) is 7.37. The maximum atomic E-state index is 12.4. The molecule has 2 aliphatic heterocycles. The van der Waals surface area contributed by atoms with Gasteiger partial charge in [-0.3, -0.25) is 9.59 Å². The van der Waals surface area contributed by atoms with E-state index in [0.29, 0.717) is 13.1 Å². The van der Waals surface area contributed by atoms with Gasteiger partial charge in [0.1, 0.15) is 5.75 Å². The fourth-order valence-electron chi connectivity index (χ4n) is 3.78. The number of piperazine rings is 1. The molecule has 0 saturated carbocycles. The smallest absolute Gasteiger partial charge is 0.227 e. The summed E-state index contributed by atoms with van der Waals surface area (Å²) in [4.78, 5) is 31.3. The summed E-state index contributed by atoms with van der Waals surface area (Å²) in [5.41, 5.74) is 0.813. The number of anilines is 1. The van der Waals surface area contributed by atoms with Crippen LogP contribution in [-0.4, -0.2) is 81.6 Å². The molecular weight excluding hydrogens is 356 g/mol. The monoisotopic (exact) mass is 388 g/mol. The van der Waals surface area contributed by atoms with Gasteiger partial charge in [-0.15, -0.1) is 0 Å². The average Bonchev–Trinajstić information content (AvgIpc) is 3.11. The van der Waals surface area contributed by atoms with Crippen LogP contribution < -0.4 is 15.0 Å². The molecule has 2 saturated heterocycles. The van der Waals surface area contributed by atoms with Crippen molar-refractivity contribution in [3.05, 3.63) is 24.3 Å². The number of carbonyl (C=O) groups excluding carboxylic acids is 2. The van der Waals surface area contributed by atoms with E-state index in [0.717, 1.165) is 57.0 Å². The highest BCUT2D eigenvalue weighted by molar-refractivity contribution is 6.00. The van der Waals surface area contributed by atoms with Crippen molar-refractivity contribution < 1.29 is 14.3 Å². The molecule has 3 rings (SSSR count). The SMILES string of the molecule is COc1ccc(N2CC(C(=O)NCCCCN3CCN(C)CC3)CC2=O)cc1. The first-order valence-corrected chi connectivity index (χ1v) is 10.2. The van der Waals surface area contributed by atoms with Gasteiger partial charge in [0.2, 0.25) is 11.8 Å². The first-order chi connectivity index (χ1) is 13.6. The van der Waals surface area contributed by atoms with Crippen molar-refractivity contribution in [1.29, 1.82) is 0 Å². The number of nitrogens with zero attached hydrogens (tertiary/aromatic N) is 3. The number of nitrogens with one attached hydrogen (secondary N) is 1. The average molecular weight is 389 g/mol. The van der Waals surface area contributed by atoms with Gasteiger partial charge >= 0.3 is 0 Å². The Hall–Kier alpha value is -2.12. The van der Waals surface area contributed by atoms with Gasteiger partial charge in [0.25, 0.3) is 0 Å². The van der Waals surface area contributed by atoms with Gasteiger partial charge in [0.05, 0.1) is 13.0 Å². The minimum Gasteiger partial charge on any atom is -0.497 e. The molecule has 2 fully saturated rings. The predicted molar refractivity (Wildman–Crippen MR) is 110 cm³/mol. The number of unbranched alkanes of at least 4 members (excludes halogenated alkanes) is 1. The zero-order valence-electron chi connectivity index (χ0n) is 17.0. The lowest BCUT2D eigenvalue weighted by Crippen LogP contribution is -2.44. The molecule has 1 unspecified atom stereocenters. The van der Waals surface area contributed by atoms with Gasteiger partial charge in [-0.25, -0.2) is 0 Å². The second-order valence-corrected chi connectivity index (χ2v) is 7.75. The van der Waals surface area contributed by atoms with E-state index < -0.39 is 0 Å². The number of methoxy groups -OCH3 is 1. The molecule has 1 aromatic rings. The topological polar surface area (TPSA) is 65.1 Å². The summed E-state index contributed by atoms with van der Waals surface area (Å²) in [5, 5.41) is 3.02. The Kier molecular flexibility index (Phi) is 7.28. The van der Waals surface area contributed by atoms with E-state index in [2.05, 4.69) is 22.2 Å².